The van der Waals surface area contributed by atoms with E-state index in [0.29, 0.717) is 6.61 Å². The number of ether oxygens (including phenoxy) is 1. The molecule has 1 heterocycles. The quantitative estimate of drug-likeness (QED) is 0.524. The van der Waals surface area contributed by atoms with Crippen LogP contribution in [0.3, 0.4) is 0 Å². The summed E-state index contributed by atoms with van der Waals surface area (Å²) in [5.74, 6) is -0.0895. The molecule has 2 atom stereocenters. The molecule has 2 unspecified atom stereocenters. The normalized spacial score (nSPS) is 42.8. The third-order valence-electron chi connectivity index (χ3n) is 2.11. The van der Waals surface area contributed by atoms with E-state index in [2.05, 4.69) is 0 Å². The van der Waals surface area contributed by atoms with Gasteiger partial charge in [-0.3, -0.25) is 4.79 Å². The van der Waals surface area contributed by atoms with Gasteiger partial charge in [0.2, 0.25) is 4.33 Å². The summed E-state index contributed by atoms with van der Waals surface area (Å²) in [6.45, 7) is 0.613. The summed E-state index contributed by atoms with van der Waals surface area (Å²) in [5.41, 5.74) is 0. The number of rotatable bonds is 0. The topological polar surface area (TPSA) is 26.3 Å². The summed E-state index contributed by atoms with van der Waals surface area (Å²) >= 11 is 11.3. The molecule has 0 spiro atoms. The van der Waals surface area contributed by atoms with E-state index in [1.165, 1.54) is 0 Å². The third-order valence-corrected chi connectivity index (χ3v) is 2.92. The number of carbonyl (C=O) groups is 1. The van der Waals surface area contributed by atoms with Crippen molar-refractivity contribution in [3.05, 3.63) is 0 Å². The first-order chi connectivity index (χ1) is 4.64. The van der Waals surface area contributed by atoms with Crippen LogP contribution in [0.5, 0.6) is 0 Å². The van der Waals surface area contributed by atoms with E-state index in [1.807, 2.05) is 0 Å². The third kappa shape index (κ3) is 0.621. The van der Waals surface area contributed by atoms with Crippen LogP contribution < -0.4 is 0 Å². The predicted molar refractivity (Wildman–Crippen MR) is 37.3 cm³/mol. The molecule has 4 heteroatoms. The first-order valence-corrected chi connectivity index (χ1v) is 3.93. The Morgan fingerprint density at radius 2 is 2.30 bits per heavy atom. The van der Waals surface area contributed by atoms with Crippen molar-refractivity contribution in [1.82, 2.24) is 0 Å². The van der Waals surface area contributed by atoms with Crippen molar-refractivity contribution >= 4 is 29.0 Å². The molecule has 2 fully saturated rings. The minimum absolute atomic E-state index is 0.0185. The van der Waals surface area contributed by atoms with Crippen LogP contribution in [-0.2, 0) is 9.53 Å². The van der Waals surface area contributed by atoms with Crippen LogP contribution in [-0.4, -0.2) is 22.8 Å². The van der Waals surface area contributed by atoms with Gasteiger partial charge in [-0.2, -0.15) is 0 Å². The highest BCUT2D eigenvalue weighted by Crippen LogP contribution is 2.49. The van der Waals surface area contributed by atoms with E-state index in [-0.39, 0.29) is 17.8 Å². The maximum Gasteiger partial charge on any atom is 0.202 e. The van der Waals surface area contributed by atoms with Gasteiger partial charge in [-0.1, -0.05) is 23.2 Å². The molecular formula is C6H6Cl2O2. The highest BCUT2D eigenvalue weighted by Gasteiger charge is 2.63. The summed E-state index contributed by atoms with van der Waals surface area (Å²) in [5, 5.41) is 0. The first-order valence-electron chi connectivity index (χ1n) is 3.18. The number of Topliss-reactive ketones (excluding diaryl/α,β-unsaturated/α-hetero) is 1. The number of hydrogen-bond donors (Lipinski definition) is 0. The van der Waals surface area contributed by atoms with Gasteiger partial charge < -0.3 is 4.74 Å². The van der Waals surface area contributed by atoms with Gasteiger partial charge in [-0.25, -0.2) is 0 Å². The van der Waals surface area contributed by atoms with Crippen LogP contribution in [0.25, 0.3) is 0 Å². The monoisotopic (exact) mass is 180 g/mol. The van der Waals surface area contributed by atoms with Crippen molar-refractivity contribution in [3.63, 3.8) is 0 Å². The van der Waals surface area contributed by atoms with Crippen molar-refractivity contribution in [2.75, 3.05) is 6.61 Å². The van der Waals surface area contributed by atoms with Crippen LogP contribution in [0.2, 0.25) is 0 Å². The fourth-order valence-corrected chi connectivity index (χ4v) is 2.22. The molecule has 0 aromatic rings. The lowest BCUT2D eigenvalue weighted by molar-refractivity contribution is -0.137. The second kappa shape index (κ2) is 1.87. The zero-order valence-corrected chi connectivity index (χ0v) is 6.65. The lowest BCUT2D eigenvalue weighted by Gasteiger charge is -2.39. The van der Waals surface area contributed by atoms with Crippen molar-refractivity contribution in [2.24, 2.45) is 5.92 Å². The molecule has 1 saturated heterocycles. The van der Waals surface area contributed by atoms with E-state index in [1.54, 1.807) is 0 Å². The zero-order valence-electron chi connectivity index (χ0n) is 5.14. The minimum Gasteiger partial charge on any atom is -0.374 e. The second-order valence-corrected chi connectivity index (χ2v) is 4.06. The van der Waals surface area contributed by atoms with Crippen LogP contribution in [0.15, 0.2) is 0 Å². The average Bonchev–Trinajstić information content (AvgIpc) is 2.31. The average molecular weight is 181 g/mol. The predicted octanol–water partition coefficient (Wildman–Crippen LogP) is 1.15. The molecule has 1 aliphatic heterocycles. The zero-order chi connectivity index (χ0) is 7.35. The highest BCUT2D eigenvalue weighted by molar-refractivity contribution is 6.61. The number of alkyl halides is 2. The molecule has 2 rings (SSSR count). The van der Waals surface area contributed by atoms with Crippen molar-refractivity contribution < 1.29 is 9.53 Å². The van der Waals surface area contributed by atoms with Crippen LogP contribution in [0, 0.1) is 5.92 Å². The number of hydrogen-bond acceptors (Lipinski definition) is 2. The Kier molecular flexibility index (Phi) is 1.29. The Balaban J connectivity index is 2.23. The van der Waals surface area contributed by atoms with E-state index < -0.39 is 4.33 Å². The van der Waals surface area contributed by atoms with E-state index >= 15 is 0 Å². The molecule has 2 nitrogen and oxygen atoms in total. The summed E-state index contributed by atoms with van der Waals surface area (Å²) in [4.78, 5) is 11.0. The number of halogens is 2. The summed E-state index contributed by atoms with van der Waals surface area (Å²) in [6, 6.07) is 0. The van der Waals surface area contributed by atoms with Crippen LogP contribution >= 0.6 is 23.2 Å². The summed E-state index contributed by atoms with van der Waals surface area (Å²) < 4.78 is 3.92. The van der Waals surface area contributed by atoms with E-state index in [4.69, 9.17) is 27.9 Å². The smallest absolute Gasteiger partial charge is 0.202 e. The fourth-order valence-electron chi connectivity index (χ4n) is 1.51. The van der Waals surface area contributed by atoms with Gasteiger partial charge in [0.15, 0.2) is 5.78 Å². The Morgan fingerprint density at radius 3 is 2.90 bits per heavy atom. The van der Waals surface area contributed by atoms with E-state index in [9.17, 15) is 4.79 Å². The van der Waals surface area contributed by atoms with Gasteiger partial charge in [0.1, 0.15) is 6.10 Å². The summed E-state index contributed by atoms with van der Waals surface area (Å²) in [7, 11) is 0. The molecule has 0 N–H and O–H groups in total. The molecule has 0 aromatic carbocycles. The molecule has 1 saturated carbocycles. The van der Waals surface area contributed by atoms with Crippen molar-refractivity contribution in [1.29, 1.82) is 0 Å². The van der Waals surface area contributed by atoms with Gasteiger partial charge in [0.25, 0.3) is 0 Å². The molecular weight excluding hydrogens is 175 g/mol. The van der Waals surface area contributed by atoms with Crippen molar-refractivity contribution in [3.8, 4) is 0 Å². The molecule has 0 amide bonds. The molecule has 0 aromatic heterocycles. The molecule has 0 radical (unpaired) electrons. The minimum atomic E-state index is -1.23. The van der Waals surface area contributed by atoms with Gasteiger partial charge in [0.05, 0.1) is 5.92 Å². The lowest BCUT2D eigenvalue weighted by Crippen LogP contribution is -2.58. The number of ketones is 1. The van der Waals surface area contributed by atoms with Gasteiger partial charge in [0, 0.05) is 6.61 Å². The van der Waals surface area contributed by atoms with Gasteiger partial charge >= 0.3 is 0 Å². The Labute approximate surface area is 68.4 Å². The van der Waals surface area contributed by atoms with E-state index in [0.717, 1.165) is 6.42 Å². The van der Waals surface area contributed by atoms with Gasteiger partial charge in [-0.05, 0) is 6.42 Å². The molecule has 0 bridgehead atoms. The van der Waals surface area contributed by atoms with Crippen LogP contribution in [0.1, 0.15) is 6.42 Å². The fraction of sp³-hybridized carbons (Fsp3) is 0.833. The number of fused-ring (bicyclic) bond motifs is 1. The molecule has 10 heavy (non-hydrogen) atoms. The van der Waals surface area contributed by atoms with Crippen molar-refractivity contribution in [2.45, 2.75) is 16.9 Å². The Bertz CT molecular complexity index is 190. The lowest BCUT2D eigenvalue weighted by atomic mass is 9.79. The SMILES string of the molecule is O=C1C2CCOC2C1(Cl)Cl. The standard InChI is InChI=1S/C6H6Cl2O2/c7-6(8)4(9)3-1-2-10-5(3)6/h3,5H,1-2H2. The Morgan fingerprint density at radius 1 is 1.60 bits per heavy atom. The largest absolute Gasteiger partial charge is 0.374 e. The molecule has 56 valence electrons. The number of carbonyl (C=O) groups excluding carboxylic acids is 1. The first kappa shape index (κ1) is 6.89. The second-order valence-electron chi connectivity index (χ2n) is 2.67. The highest BCUT2D eigenvalue weighted by atomic mass is 35.5. The summed E-state index contributed by atoms with van der Waals surface area (Å²) in [6.07, 6.45) is 0.549. The Hall–Kier alpha value is 0.210. The van der Waals surface area contributed by atoms with Crippen LogP contribution in [0.4, 0.5) is 0 Å². The van der Waals surface area contributed by atoms with Gasteiger partial charge in [-0.15, -0.1) is 0 Å². The molecule has 1 aliphatic carbocycles. The maximum absolute atomic E-state index is 11.0. The maximum atomic E-state index is 11.0. The molecule has 2 aliphatic rings.